The van der Waals surface area contributed by atoms with Gasteiger partial charge < -0.3 is 9.47 Å². The summed E-state index contributed by atoms with van der Waals surface area (Å²) in [6.45, 7) is 8.75. The lowest BCUT2D eigenvalue weighted by Gasteiger charge is -2.34. The minimum Gasteiger partial charge on any atom is -0.340 e. The lowest BCUT2D eigenvalue weighted by Crippen LogP contribution is -2.48. The maximum absolute atomic E-state index is 13.5. The normalized spacial score (nSPS) is 14.6. The molecule has 1 aromatic heterocycles. The van der Waals surface area contributed by atoms with E-state index >= 15 is 0 Å². The smallest absolute Gasteiger partial charge is 0.253 e. The van der Waals surface area contributed by atoms with Crippen LogP contribution in [0.3, 0.4) is 0 Å². The highest BCUT2D eigenvalue weighted by atomic mass is 19.1. The van der Waals surface area contributed by atoms with Crippen LogP contribution in [0.4, 0.5) is 4.39 Å². The number of fused-ring (bicyclic) bond motifs is 1. The maximum Gasteiger partial charge on any atom is 0.253 e. The zero-order chi connectivity index (χ0) is 23.7. The average molecular weight is 456 g/mol. The van der Waals surface area contributed by atoms with Crippen molar-refractivity contribution in [3.63, 3.8) is 0 Å². The van der Waals surface area contributed by atoms with Crippen molar-refractivity contribution in [2.45, 2.75) is 26.9 Å². The summed E-state index contributed by atoms with van der Waals surface area (Å²) in [5.74, 6) is -0.120. The van der Waals surface area contributed by atoms with Gasteiger partial charge in [-0.25, -0.2) is 4.39 Å². The second-order valence-electron chi connectivity index (χ2n) is 9.21. The molecular weight excluding hydrogens is 425 g/mol. The van der Waals surface area contributed by atoms with Crippen molar-refractivity contribution < 1.29 is 9.18 Å². The summed E-state index contributed by atoms with van der Waals surface area (Å²) in [6, 6.07) is 23.3. The summed E-state index contributed by atoms with van der Waals surface area (Å²) in [5.41, 5.74) is 6.59. The molecule has 4 nitrogen and oxygen atoms in total. The molecule has 0 atom stereocenters. The van der Waals surface area contributed by atoms with E-state index in [2.05, 4.69) is 59.7 Å². The lowest BCUT2D eigenvalue weighted by molar-refractivity contribution is 0.0628. The molecule has 5 rings (SSSR count). The molecule has 1 fully saturated rings. The second kappa shape index (κ2) is 9.43. The van der Waals surface area contributed by atoms with Crippen LogP contribution in [0.15, 0.2) is 72.8 Å². The highest BCUT2D eigenvalue weighted by molar-refractivity contribution is 5.99. The molecule has 2 heterocycles. The summed E-state index contributed by atoms with van der Waals surface area (Å²) >= 11 is 0. The lowest BCUT2D eigenvalue weighted by atomic mass is 10.1. The van der Waals surface area contributed by atoms with Crippen LogP contribution in [0.2, 0.25) is 0 Å². The van der Waals surface area contributed by atoms with Gasteiger partial charge in [-0.05, 0) is 60.9 Å². The molecule has 0 unspecified atom stereocenters. The molecule has 4 aromatic rings. The molecule has 1 aliphatic rings. The number of carbonyl (C=O) groups is 1. The molecule has 0 aliphatic carbocycles. The van der Waals surface area contributed by atoms with Gasteiger partial charge in [0.05, 0.1) is 0 Å². The molecule has 174 valence electrons. The number of aryl methyl sites for hydroxylation is 1. The number of carbonyl (C=O) groups excluding carboxylic acids is 1. The molecule has 3 aromatic carbocycles. The van der Waals surface area contributed by atoms with Crippen molar-refractivity contribution in [1.82, 2.24) is 14.4 Å². The molecule has 0 saturated carbocycles. The molecule has 0 N–H and O–H groups in total. The van der Waals surface area contributed by atoms with Crippen molar-refractivity contribution in [3.05, 3.63) is 107 Å². The van der Waals surface area contributed by atoms with Gasteiger partial charge >= 0.3 is 0 Å². The van der Waals surface area contributed by atoms with Crippen LogP contribution in [0, 0.1) is 19.7 Å². The first-order valence-electron chi connectivity index (χ1n) is 11.9. The third kappa shape index (κ3) is 4.48. The Hall–Kier alpha value is -3.44. The van der Waals surface area contributed by atoms with Crippen LogP contribution < -0.4 is 0 Å². The van der Waals surface area contributed by atoms with E-state index in [0.717, 1.165) is 41.7 Å². The number of amides is 1. The van der Waals surface area contributed by atoms with E-state index in [-0.39, 0.29) is 11.7 Å². The SMILES string of the molecule is Cc1c(C)n(Cc2ccccc2)c2ccc(C(=O)N3CCN(Cc4cccc(F)c4)CC3)cc12. The van der Waals surface area contributed by atoms with Gasteiger partial charge in [-0.1, -0.05) is 42.5 Å². The fourth-order valence-electron chi connectivity index (χ4n) is 4.94. The summed E-state index contributed by atoms with van der Waals surface area (Å²) < 4.78 is 15.8. The van der Waals surface area contributed by atoms with Crippen molar-refractivity contribution in [3.8, 4) is 0 Å². The zero-order valence-corrected chi connectivity index (χ0v) is 19.8. The summed E-state index contributed by atoms with van der Waals surface area (Å²) in [6.07, 6.45) is 0. The molecule has 0 spiro atoms. The Morgan fingerprint density at radius 2 is 1.56 bits per heavy atom. The summed E-state index contributed by atoms with van der Waals surface area (Å²) in [7, 11) is 0. The maximum atomic E-state index is 13.5. The van der Waals surface area contributed by atoms with Gasteiger partial charge in [0.2, 0.25) is 0 Å². The fraction of sp³-hybridized carbons (Fsp3) is 0.276. The van der Waals surface area contributed by atoms with Gasteiger partial charge in [-0.2, -0.15) is 0 Å². The summed E-state index contributed by atoms with van der Waals surface area (Å²) in [4.78, 5) is 17.5. The number of rotatable bonds is 5. The Balaban J connectivity index is 1.30. The molecule has 5 heteroatoms. The molecule has 1 amide bonds. The highest BCUT2D eigenvalue weighted by Crippen LogP contribution is 2.28. The standard InChI is InChI=1S/C29H30FN3O/c1-21-22(2)33(20-23-7-4-3-5-8-23)28-12-11-25(18-27(21)28)29(34)32-15-13-31(14-16-32)19-24-9-6-10-26(30)17-24/h3-12,17-18H,13-16,19-20H2,1-2H3. The Kier molecular flexibility index (Phi) is 6.20. The van der Waals surface area contributed by atoms with Crippen LogP contribution in [0.5, 0.6) is 0 Å². The molecule has 0 bridgehead atoms. The van der Waals surface area contributed by atoms with E-state index in [9.17, 15) is 9.18 Å². The predicted octanol–water partition coefficient (Wildman–Crippen LogP) is 5.40. The van der Waals surface area contributed by atoms with Gasteiger partial charge in [-0.3, -0.25) is 9.69 Å². The van der Waals surface area contributed by atoms with Gasteiger partial charge in [0.15, 0.2) is 0 Å². The number of nitrogens with zero attached hydrogens (tertiary/aromatic N) is 3. The van der Waals surface area contributed by atoms with Gasteiger partial charge in [-0.15, -0.1) is 0 Å². The van der Waals surface area contributed by atoms with Gasteiger partial charge in [0.1, 0.15) is 5.82 Å². The van der Waals surface area contributed by atoms with Crippen LogP contribution in [0.25, 0.3) is 10.9 Å². The number of halogens is 1. The molecular formula is C29H30FN3O. The van der Waals surface area contributed by atoms with Crippen LogP contribution >= 0.6 is 0 Å². The Morgan fingerprint density at radius 3 is 2.29 bits per heavy atom. The van der Waals surface area contributed by atoms with Crippen LogP contribution in [0.1, 0.15) is 32.7 Å². The Bertz CT molecular complexity index is 1320. The second-order valence-corrected chi connectivity index (χ2v) is 9.21. The Labute approximate surface area is 200 Å². The van der Waals surface area contributed by atoms with E-state index in [1.165, 1.54) is 22.9 Å². The minimum atomic E-state index is -0.204. The average Bonchev–Trinajstić information content (AvgIpc) is 3.09. The first-order valence-corrected chi connectivity index (χ1v) is 11.9. The van der Waals surface area contributed by atoms with E-state index in [1.807, 2.05) is 23.1 Å². The Morgan fingerprint density at radius 1 is 0.824 bits per heavy atom. The van der Waals surface area contributed by atoms with E-state index in [4.69, 9.17) is 0 Å². The monoisotopic (exact) mass is 455 g/mol. The van der Waals surface area contributed by atoms with Crippen molar-refractivity contribution in [2.24, 2.45) is 0 Å². The van der Waals surface area contributed by atoms with E-state index in [0.29, 0.717) is 19.6 Å². The van der Waals surface area contributed by atoms with Crippen LogP contribution in [-0.2, 0) is 13.1 Å². The third-order valence-electron chi connectivity index (χ3n) is 7.02. The highest BCUT2D eigenvalue weighted by Gasteiger charge is 2.23. The third-order valence-corrected chi connectivity index (χ3v) is 7.02. The first-order chi connectivity index (χ1) is 16.5. The largest absolute Gasteiger partial charge is 0.340 e. The van der Waals surface area contributed by atoms with Crippen molar-refractivity contribution >= 4 is 16.8 Å². The first kappa shape index (κ1) is 22.4. The van der Waals surface area contributed by atoms with E-state index < -0.39 is 0 Å². The predicted molar refractivity (Wildman–Crippen MR) is 135 cm³/mol. The number of benzene rings is 3. The molecule has 0 radical (unpaired) electrons. The minimum absolute atomic E-state index is 0.0835. The van der Waals surface area contributed by atoms with Gasteiger partial charge in [0.25, 0.3) is 5.91 Å². The number of piperazine rings is 1. The zero-order valence-electron chi connectivity index (χ0n) is 19.8. The molecule has 1 saturated heterocycles. The number of aromatic nitrogens is 1. The number of hydrogen-bond acceptors (Lipinski definition) is 2. The molecule has 1 aliphatic heterocycles. The fourth-order valence-corrected chi connectivity index (χ4v) is 4.94. The van der Waals surface area contributed by atoms with E-state index in [1.54, 1.807) is 12.1 Å². The quantitative estimate of drug-likeness (QED) is 0.403. The number of hydrogen-bond donors (Lipinski definition) is 0. The topological polar surface area (TPSA) is 28.5 Å². The molecule has 34 heavy (non-hydrogen) atoms. The summed E-state index contributed by atoms with van der Waals surface area (Å²) in [5, 5.41) is 1.14. The van der Waals surface area contributed by atoms with Crippen molar-refractivity contribution in [1.29, 1.82) is 0 Å². The van der Waals surface area contributed by atoms with Crippen LogP contribution in [-0.4, -0.2) is 46.5 Å². The van der Waals surface area contributed by atoms with Crippen molar-refractivity contribution in [2.75, 3.05) is 26.2 Å². The van der Waals surface area contributed by atoms with Gasteiger partial charge in [0, 0.05) is 61.4 Å².